The van der Waals surface area contributed by atoms with Crippen molar-refractivity contribution < 1.29 is 14.0 Å². The Morgan fingerprint density at radius 2 is 1.72 bits per heavy atom. The van der Waals surface area contributed by atoms with E-state index in [0.29, 0.717) is 25.4 Å². The van der Waals surface area contributed by atoms with Gasteiger partial charge in [-0.1, -0.05) is 55.5 Å². The van der Waals surface area contributed by atoms with E-state index in [4.69, 9.17) is 4.42 Å². The van der Waals surface area contributed by atoms with Gasteiger partial charge < -0.3 is 19.2 Å². The molecule has 0 radical (unpaired) electrons. The van der Waals surface area contributed by atoms with Crippen LogP contribution >= 0.6 is 0 Å². The summed E-state index contributed by atoms with van der Waals surface area (Å²) in [5, 5.41) is 2.99. The van der Waals surface area contributed by atoms with Gasteiger partial charge in [-0.05, 0) is 61.7 Å². The molecule has 2 amide bonds. The van der Waals surface area contributed by atoms with E-state index in [2.05, 4.69) is 16.8 Å². The van der Waals surface area contributed by atoms with E-state index in [1.54, 1.807) is 6.07 Å². The molecular formula is C30H33N3O3. The second-order valence-electron chi connectivity index (χ2n) is 9.04. The van der Waals surface area contributed by atoms with Crippen LogP contribution in [0.1, 0.15) is 69.8 Å². The van der Waals surface area contributed by atoms with Gasteiger partial charge >= 0.3 is 0 Å². The van der Waals surface area contributed by atoms with Crippen molar-refractivity contribution in [3.8, 4) is 0 Å². The monoisotopic (exact) mass is 483 g/mol. The normalized spacial score (nSPS) is 11.8. The molecule has 0 saturated heterocycles. The average molecular weight is 484 g/mol. The highest BCUT2D eigenvalue weighted by atomic mass is 16.4. The number of furan rings is 1. The van der Waals surface area contributed by atoms with E-state index in [-0.39, 0.29) is 23.6 Å². The Bertz CT molecular complexity index is 1310. The first kappa shape index (κ1) is 25.0. The second-order valence-corrected chi connectivity index (χ2v) is 9.04. The Kier molecular flexibility index (Phi) is 8.06. The maximum Gasteiger partial charge on any atom is 0.287 e. The number of nitrogens with zero attached hydrogens (tertiary/aromatic N) is 2. The Morgan fingerprint density at radius 1 is 0.972 bits per heavy atom. The molecule has 0 fully saturated rings. The van der Waals surface area contributed by atoms with E-state index < -0.39 is 0 Å². The molecule has 0 aliphatic carbocycles. The van der Waals surface area contributed by atoms with Crippen molar-refractivity contribution in [3.05, 3.63) is 119 Å². The highest BCUT2D eigenvalue weighted by Gasteiger charge is 2.19. The summed E-state index contributed by atoms with van der Waals surface area (Å²) in [6.07, 6.45) is 2.84. The van der Waals surface area contributed by atoms with Crippen LogP contribution in [0.4, 0.5) is 0 Å². The molecule has 0 saturated carbocycles. The quantitative estimate of drug-likeness (QED) is 0.302. The van der Waals surface area contributed by atoms with Crippen molar-refractivity contribution in [3.63, 3.8) is 0 Å². The Morgan fingerprint density at radius 3 is 2.47 bits per heavy atom. The van der Waals surface area contributed by atoms with Gasteiger partial charge in [0.2, 0.25) is 0 Å². The molecule has 1 unspecified atom stereocenters. The topological polar surface area (TPSA) is 67.5 Å². The first-order valence-electron chi connectivity index (χ1n) is 12.4. The molecular weight excluding hydrogens is 450 g/mol. The van der Waals surface area contributed by atoms with Crippen LogP contribution in [0.15, 0.2) is 89.5 Å². The summed E-state index contributed by atoms with van der Waals surface area (Å²) < 4.78 is 7.94. The Balaban J connectivity index is 1.43. The van der Waals surface area contributed by atoms with Gasteiger partial charge in [0.05, 0.1) is 19.1 Å². The van der Waals surface area contributed by atoms with Crippen LogP contribution in [-0.2, 0) is 13.1 Å². The minimum atomic E-state index is -0.247. The van der Waals surface area contributed by atoms with Crippen LogP contribution < -0.4 is 5.32 Å². The van der Waals surface area contributed by atoms with E-state index in [0.717, 1.165) is 28.8 Å². The summed E-state index contributed by atoms with van der Waals surface area (Å²) in [6.45, 7) is 7.63. The summed E-state index contributed by atoms with van der Waals surface area (Å²) in [7, 11) is 0. The zero-order valence-electron chi connectivity index (χ0n) is 21.1. The molecule has 2 aromatic carbocycles. The number of rotatable bonds is 10. The third-order valence-electron chi connectivity index (χ3n) is 6.29. The fourth-order valence-corrected chi connectivity index (χ4v) is 4.29. The van der Waals surface area contributed by atoms with E-state index >= 15 is 0 Å². The van der Waals surface area contributed by atoms with Gasteiger partial charge in [0.25, 0.3) is 11.8 Å². The zero-order chi connectivity index (χ0) is 25.5. The number of aromatic nitrogens is 1. The molecule has 6 heteroatoms. The van der Waals surface area contributed by atoms with Gasteiger partial charge in [0, 0.05) is 24.0 Å². The third-order valence-corrected chi connectivity index (χ3v) is 6.29. The lowest BCUT2D eigenvalue weighted by Gasteiger charge is -2.24. The standard InChI is InChI=1S/C30H33N3O3/c1-4-18-33(30(35)27-15-9-8-11-22(27)2)20-25-14-10-19-32(25)21-26-16-17-28(36-26)29(34)31-23(3)24-12-6-5-7-13-24/h5-17,19,23H,4,18,20-21H2,1-3H3,(H,31,34). The summed E-state index contributed by atoms with van der Waals surface area (Å²) in [4.78, 5) is 27.9. The number of nitrogens with one attached hydrogen (secondary N) is 1. The molecule has 0 bridgehead atoms. The lowest BCUT2D eigenvalue weighted by molar-refractivity contribution is 0.0738. The predicted molar refractivity (Wildman–Crippen MR) is 141 cm³/mol. The molecule has 1 atom stereocenters. The van der Waals surface area contributed by atoms with Gasteiger partial charge in [0.15, 0.2) is 5.76 Å². The van der Waals surface area contributed by atoms with Crippen molar-refractivity contribution in [1.29, 1.82) is 0 Å². The van der Waals surface area contributed by atoms with Crippen molar-refractivity contribution >= 4 is 11.8 Å². The summed E-state index contributed by atoms with van der Waals surface area (Å²) >= 11 is 0. The largest absolute Gasteiger partial charge is 0.454 e. The lowest BCUT2D eigenvalue weighted by atomic mass is 10.1. The van der Waals surface area contributed by atoms with Gasteiger partial charge in [-0.2, -0.15) is 0 Å². The molecule has 36 heavy (non-hydrogen) atoms. The number of hydrogen-bond acceptors (Lipinski definition) is 3. The predicted octanol–water partition coefficient (Wildman–Crippen LogP) is 5.98. The number of aryl methyl sites for hydroxylation is 1. The first-order chi connectivity index (χ1) is 17.5. The van der Waals surface area contributed by atoms with Gasteiger partial charge in [0.1, 0.15) is 5.76 Å². The number of amides is 2. The molecule has 1 N–H and O–H groups in total. The molecule has 186 valence electrons. The first-order valence-corrected chi connectivity index (χ1v) is 12.4. The van der Waals surface area contributed by atoms with Crippen molar-refractivity contribution in [2.75, 3.05) is 6.54 Å². The van der Waals surface area contributed by atoms with Gasteiger partial charge in [-0.25, -0.2) is 0 Å². The number of carbonyl (C=O) groups excluding carboxylic acids is 2. The van der Waals surface area contributed by atoms with Gasteiger partial charge in [-0.3, -0.25) is 9.59 Å². The molecule has 0 spiro atoms. The lowest BCUT2D eigenvalue weighted by Crippen LogP contribution is -2.32. The van der Waals surface area contributed by atoms with Crippen LogP contribution in [0.25, 0.3) is 0 Å². The zero-order valence-corrected chi connectivity index (χ0v) is 21.1. The molecule has 2 aromatic heterocycles. The van der Waals surface area contributed by atoms with Crippen LogP contribution in [-0.4, -0.2) is 27.8 Å². The summed E-state index contributed by atoms with van der Waals surface area (Å²) in [5.41, 5.74) is 3.74. The highest BCUT2D eigenvalue weighted by Crippen LogP contribution is 2.18. The minimum absolute atomic E-state index is 0.0344. The maximum atomic E-state index is 13.3. The van der Waals surface area contributed by atoms with Gasteiger partial charge in [-0.15, -0.1) is 0 Å². The molecule has 4 aromatic rings. The molecule has 4 rings (SSSR count). The van der Waals surface area contributed by atoms with E-state index in [1.165, 1.54) is 0 Å². The Hall–Kier alpha value is -4.06. The summed E-state index contributed by atoms with van der Waals surface area (Å²) in [5.74, 6) is 0.747. The average Bonchev–Trinajstić information content (AvgIpc) is 3.54. The molecule has 0 aliphatic rings. The number of carbonyl (C=O) groups is 2. The van der Waals surface area contributed by atoms with Crippen molar-refractivity contribution in [2.45, 2.75) is 46.3 Å². The number of hydrogen-bond donors (Lipinski definition) is 1. The van der Waals surface area contributed by atoms with Crippen molar-refractivity contribution in [2.24, 2.45) is 0 Å². The maximum absolute atomic E-state index is 13.3. The highest BCUT2D eigenvalue weighted by molar-refractivity contribution is 5.95. The van der Waals surface area contributed by atoms with Crippen LogP contribution in [0, 0.1) is 6.92 Å². The van der Waals surface area contributed by atoms with Crippen LogP contribution in [0.3, 0.4) is 0 Å². The molecule has 2 heterocycles. The summed E-state index contributed by atoms with van der Waals surface area (Å²) in [6, 6.07) is 24.9. The second kappa shape index (κ2) is 11.6. The number of benzene rings is 2. The van der Waals surface area contributed by atoms with Crippen LogP contribution in [0.2, 0.25) is 0 Å². The molecule has 0 aliphatic heterocycles. The fourth-order valence-electron chi connectivity index (χ4n) is 4.29. The SMILES string of the molecule is CCCN(Cc1cccn1Cc1ccc(C(=O)NC(C)c2ccccc2)o1)C(=O)c1ccccc1C. The van der Waals surface area contributed by atoms with Crippen LogP contribution in [0.5, 0.6) is 0 Å². The molecule has 6 nitrogen and oxygen atoms in total. The third kappa shape index (κ3) is 5.95. The minimum Gasteiger partial charge on any atom is -0.454 e. The Labute approximate surface area is 212 Å². The van der Waals surface area contributed by atoms with E-state index in [1.807, 2.05) is 97.7 Å². The smallest absolute Gasteiger partial charge is 0.287 e. The fraction of sp³-hybridized carbons (Fsp3) is 0.267. The van der Waals surface area contributed by atoms with E-state index in [9.17, 15) is 9.59 Å². The van der Waals surface area contributed by atoms with Crippen molar-refractivity contribution in [1.82, 2.24) is 14.8 Å².